The second-order valence-electron chi connectivity index (χ2n) is 4.93. The van der Waals surface area contributed by atoms with Gasteiger partial charge in [-0.3, -0.25) is 14.9 Å². The summed E-state index contributed by atoms with van der Waals surface area (Å²) in [5.41, 5.74) is 0.897. The van der Waals surface area contributed by atoms with Gasteiger partial charge in [-0.2, -0.15) is 0 Å². The fourth-order valence-electron chi connectivity index (χ4n) is 2.40. The first-order valence-electron chi connectivity index (χ1n) is 7.00. The number of hydrogen-bond acceptors (Lipinski definition) is 3. The van der Waals surface area contributed by atoms with Crippen LogP contribution in [0.15, 0.2) is 30.3 Å². The van der Waals surface area contributed by atoms with E-state index in [1.54, 1.807) is 7.05 Å². The quantitative estimate of drug-likeness (QED) is 0.831. The molecule has 0 bridgehead atoms. The van der Waals surface area contributed by atoms with E-state index in [-0.39, 0.29) is 18.4 Å². The Morgan fingerprint density at radius 3 is 2.45 bits per heavy atom. The van der Waals surface area contributed by atoms with E-state index in [4.69, 9.17) is 0 Å². The Morgan fingerprint density at radius 1 is 1.20 bits per heavy atom. The van der Waals surface area contributed by atoms with Gasteiger partial charge in [0, 0.05) is 20.1 Å². The number of benzene rings is 1. The first-order valence-corrected chi connectivity index (χ1v) is 7.00. The largest absolute Gasteiger partial charge is 0.358 e. The zero-order chi connectivity index (χ0) is 14.4. The summed E-state index contributed by atoms with van der Waals surface area (Å²) in [7, 11) is 1.59. The van der Waals surface area contributed by atoms with Gasteiger partial charge >= 0.3 is 0 Å². The minimum absolute atomic E-state index is 0.0533. The van der Waals surface area contributed by atoms with Crippen molar-refractivity contribution in [1.29, 1.82) is 0 Å². The van der Waals surface area contributed by atoms with E-state index in [9.17, 15) is 9.59 Å². The van der Waals surface area contributed by atoms with E-state index in [0.717, 1.165) is 31.5 Å². The van der Waals surface area contributed by atoms with Crippen molar-refractivity contribution in [2.45, 2.75) is 18.9 Å². The average molecular weight is 275 g/mol. The van der Waals surface area contributed by atoms with Crippen LogP contribution in [0.5, 0.6) is 0 Å². The van der Waals surface area contributed by atoms with Crippen LogP contribution in [0, 0.1) is 0 Å². The predicted molar refractivity (Wildman–Crippen MR) is 77.1 cm³/mol. The number of nitrogens with one attached hydrogen (secondary N) is 2. The number of rotatable bonds is 5. The van der Waals surface area contributed by atoms with Gasteiger partial charge in [0.15, 0.2) is 0 Å². The van der Waals surface area contributed by atoms with E-state index in [1.165, 1.54) is 0 Å². The Bertz CT molecular complexity index is 455. The summed E-state index contributed by atoms with van der Waals surface area (Å²) in [4.78, 5) is 25.8. The van der Waals surface area contributed by atoms with Gasteiger partial charge < -0.3 is 10.2 Å². The predicted octanol–water partition coefficient (Wildman–Crippen LogP) is 0.686. The van der Waals surface area contributed by atoms with Gasteiger partial charge in [-0.05, 0) is 18.4 Å². The monoisotopic (exact) mass is 275 g/mol. The number of carbonyl (C=O) groups is 2. The number of amides is 2. The van der Waals surface area contributed by atoms with Crippen molar-refractivity contribution in [2.75, 3.05) is 26.7 Å². The zero-order valence-electron chi connectivity index (χ0n) is 11.8. The second kappa shape index (κ2) is 7.05. The van der Waals surface area contributed by atoms with Crippen molar-refractivity contribution in [3.63, 3.8) is 0 Å². The number of hydrogen-bond donors (Lipinski definition) is 2. The summed E-state index contributed by atoms with van der Waals surface area (Å²) >= 11 is 0. The topological polar surface area (TPSA) is 61.4 Å². The van der Waals surface area contributed by atoms with Crippen LogP contribution < -0.4 is 10.6 Å². The Labute approximate surface area is 119 Å². The van der Waals surface area contributed by atoms with Crippen molar-refractivity contribution >= 4 is 11.8 Å². The van der Waals surface area contributed by atoms with Gasteiger partial charge in [-0.1, -0.05) is 30.3 Å². The lowest BCUT2D eigenvalue weighted by Gasteiger charge is -2.24. The molecule has 1 heterocycles. The molecule has 0 aromatic heterocycles. The van der Waals surface area contributed by atoms with E-state index in [1.807, 2.05) is 35.2 Å². The maximum absolute atomic E-state index is 12.6. The fraction of sp³-hybridized carbons (Fsp3) is 0.467. The molecule has 20 heavy (non-hydrogen) atoms. The van der Waals surface area contributed by atoms with E-state index >= 15 is 0 Å². The molecule has 1 saturated heterocycles. The first-order chi connectivity index (χ1) is 9.72. The van der Waals surface area contributed by atoms with E-state index in [2.05, 4.69) is 10.6 Å². The fourth-order valence-corrected chi connectivity index (χ4v) is 2.40. The molecule has 1 aromatic rings. The standard InChI is InChI=1S/C15H21N3O2/c1-16-13(19)11-17-14(12-7-3-2-4-8-12)15(20)18-9-5-6-10-18/h2-4,7-8,14,17H,5-6,9-11H2,1H3,(H,16,19)/t14-/m1/s1. The highest BCUT2D eigenvalue weighted by atomic mass is 16.2. The second-order valence-corrected chi connectivity index (χ2v) is 4.93. The Balaban J connectivity index is 2.10. The Kier molecular flexibility index (Phi) is 5.12. The summed E-state index contributed by atoms with van der Waals surface area (Å²) in [5.74, 6) is -0.0715. The molecule has 5 heteroatoms. The molecule has 0 unspecified atom stereocenters. The van der Waals surface area contributed by atoms with Crippen molar-refractivity contribution in [2.24, 2.45) is 0 Å². The third kappa shape index (κ3) is 3.57. The lowest BCUT2D eigenvalue weighted by molar-refractivity contribution is -0.132. The first kappa shape index (κ1) is 14.5. The summed E-state index contributed by atoms with van der Waals surface area (Å²) in [6.45, 7) is 1.75. The molecule has 1 aliphatic heterocycles. The maximum atomic E-state index is 12.6. The van der Waals surface area contributed by atoms with Gasteiger partial charge in [0.25, 0.3) is 0 Å². The highest BCUT2D eigenvalue weighted by molar-refractivity contribution is 5.85. The minimum atomic E-state index is -0.452. The van der Waals surface area contributed by atoms with Gasteiger partial charge in [-0.15, -0.1) is 0 Å². The molecule has 1 atom stereocenters. The van der Waals surface area contributed by atoms with Gasteiger partial charge in [0.2, 0.25) is 11.8 Å². The number of likely N-dealkylation sites (N-methyl/N-ethyl adjacent to an activating group) is 1. The van der Waals surface area contributed by atoms with Crippen molar-refractivity contribution in [3.8, 4) is 0 Å². The third-order valence-electron chi connectivity index (χ3n) is 3.54. The number of carbonyl (C=O) groups excluding carboxylic acids is 2. The molecule has 1 aromatic carbocycles. The molecule has 0 saturated carbocycles. The van der Waals surface area contributed by atoms with Crippen LogP contribution in [-0.4, -0.2) is 43.4 Å². The third-order valence-corrected chi connectivity index (χ3v) is 3.54. The van der Waals surface area contributed by atoms with Crippen molar-refractivity contribution in [1.82, 2.24) is 15.5 Å². The van der Waals surface area contributed by atoms with Crippen LogP contribution in [0.4, 0.5) is 0 Å². The molecule has 0 radical (unpaired) electrons. The molecule has 2 rings (SSSR count). The molecule has 108 valence electrons. The van der Waals surface area contributed by atoms with E-state index in [0.29, 0.717) is 0 Å². The van der Waals surface area contributed by atoms with Crippen LogP contribution in [0.3, 0.4) is 0 Å². The molecule has 5 nitrogen and oxygen atoms in total. The van der Waals surface area contributed by atoms with Gasteiger partial charge in [0.1, 0.15) is 6.04 Å². The highest BCUT2D eigenvalue weighted by Gasteiger charge is 2.27. The summed E-state index contributed by atoms with van der Waals surface area (Å²) in [5, 5.41) is 5.61. The molecule has 2 N–H and O–H groups in total. The summed E-state index contributed by atoms with van der Waals surface area (Å²) in [6.07, 6.45) is 2.12. The number of likely N-dealkylation sites (tertiary alicyclic amines) is 1. The van der Waals surface area contributed by atoms with Crippen molar-refractivity contribution < 1.29 is 9.59 Å². The minimum Gasteiger partial charge on any atom is -0.358 e. The van der Waals surface area contributed by atoms with Crippen LogP contribution in [0.25, 0.3) is 0 Å². The highest BCUT2D eigenvalue weighted by Crippen LogP contribution is 2.18. The molecular weight excluding hydrogens is 254 g/mol. The molecule has 2 amide bonds. The van der Waals surface area contributed by atoms with Gasteiger partial charge in [-0.25, -0.2) is 0 Å². The van der Waals surface area contributed by atoms with Crippen molar-refractivity contribution in [3.05, 3.63) is 35.9 Å². The molecule has 1 aliphatic rings. The lowest BCUT2D eigenvalue weighted by atomic mass is 10.1. The van der Waals surface area contributed by atoms with Crippen LogP contribution >= 0.6 is 0 Å². The van der Waals surface area contributed by atoms with Gasteiger partial charge in [0.05, 0.1) is 6.54 Å². The normalized spacial score (nSPS) is 15.9. The average Bonchev–Trinajstić information content (AvgIpc) is 3.02. The molecular formula is C15H21N3O2. The van der Waals surface area contributed by atoms with Crippen LogP contribution in [0.1, 0.15) is 24.4 Å². The molecule has 0 aliphatic carbocycles. The smallest absolute Gasteiger partial charge is 0.244 e. The molecule has 1 fully saturated rings. The SMILES string of the molecule is CNC(=O)CN[C@@H](C(=O)N1CCCC1)c1ccccc1. The Morgan fingerprint density at radius 2 is 1.85 bits per heavy atom. The van der Waals surface area contributed by atoms with Crippen LogP contribution in [-0.2, 0) is 9.59 Å². The summed E-state index contributed by atoms with van der Waals surface area (Å²) in [6, 6.07) is 9.10. The lowest BCUT2D eigenvalue weighted by Crippen LogP contribution is -2.42. The summed E-state index contributed by atoms with van der Waals surface area (Å²) < 4.78 is 0. The van der Waals surface area contributed by atoms with E-state index < -0.39 is 6.04 Å². The number of nitrogens with zero attached hydrogens (tertiary/aromatic N) is 1. The van der Waals surface area contributed by atoms with Crippen LogP contribution in [0.2, 0.25) is 0 Å². The maximum Gasteiger partial charge on any atom is 0.244 e. The molecule has 0 spiro atoms. The Hall–Kier alpha value is -1.88. The zero-order valence-corrected chi connectivity index (χ0v) is 11.8.